The number of likely N-dealkylation sites (tertiary alicyclic amines) is 1. The number of amides is 1. The van der Waals surface area contributed by atoms with E-state index in [9.17, 15) is 10.1 Å². The van der Waals surface area contributed by atoms with Gasteiger partial charge in [0.15, 0.2) is 0 Å². The lowest BCUT2D eigenvalue weighted by Crippen LogP contribution is -2.55. The predicted octanol–water partition coefficient (Wildman–Crippen LogP) is 1.12. The van der Waals surface area contributed by atoms with Crippen LogP contribution >= 0.6 is 0 Å². The lowest BCUT2D eigenvalue weighted by atomic mass is 10.0. The zero-order valence-electron chi connectivity index (χ0n) is 9.85. The maximum absolute atomic E-state index is 12.5. The fourth-order valence-electron chi connectivity index (χ4n) is 3.19. The summed E-state index contributed by atoms with van der Waals surface area (Å²) in [4.78, 5) is 12.5. The third kappa shape index (κ3) is 1.55. The first-order chi connectivity index (χ1) is 7.62. The van der Waals surface area contributed by atoms with Crippen LogP contribution in [0.15, 0.2) is 0 Å². The number of quaternary nitrogens is 1. The number of carbonyl (C=O) groups excluding carboxylic acids is 1. The highest BCUT2D eigenvalue weighted by Gasteiger charge is 2.51. The molecule has 2 fully saturated rings. The van der Waals surface area contributed by atoms with E-state index < -0.39 is 0 Å². The minimum Gasteiger partial charge on any atom is -0.327 e. The molecule has 1 amide bonds. The second-order valence-electron chi connectivity index (χ2n) is 5.22. The molecule has 2 aliphatic rings. The normalized spacial score (nSPS) is 43.2. The molecule has 1 aliphatic carbocycles. The zero-order valence-corrected chi connectivity index (χ0v) is 9.85. The summed E-state index contributed by atoms with van der Waals surface area (Å²) >= 11 is 0. The van der Waals surface area contributed by atoms with Gasteiger partial charge >= 0.3 is 12.1 Å². The molecule has 1 unspecified atom stereocenters. The molecule has 0 radical (unpaired) electrons. The standard InChI is InChI=1S/C12H20N3O/c1-9-4-3-7-15(9,8-13)12(16)10-5-2-6-11(10)14/h9-11H,2-7,14H2,1H3/q+1/t9-,10+,11+,15?/m1/s1. The molecule has 1 saturated carbocycles. The molecule has 4 nitrogen and oxygen atoms in total. The Hall–Kier alpha value is -0.920. The van der Waals surface area contributed by atoms with Gasteiger partial charge in [0.2, 0.25) is 0 Å². The van der Waals surface area contributed by atoms with E-state index in [1.54, 1.807) is 0 Å². The molecule has 0 aromatic rings. The number of hydrogen-bond donors (Lipinski definition) is 1. The summed E-state index contributed by atoms with van der Waals surface area (Å²) in [5.41, 5.74) is 5.97. The van der Waals surface area contributed by atoms with Gasteiger partial charge in [-0.2, -0.15) is 4.48 Å². The van der Waals surface area contributed by atoms with Crippen LogP contribution in [0.1, 0.15) is 39.0 Å². The minimum absolute atomic E-state index is 0.0123. The van der Waals surface area contributed by atoms with Gasteiger partial charge in [-0.25, -0.2) is 4.79 Å². The predicted molar refractivity (Wildman–Crippen MR) is 59.8 cm³/mol. The Labute approximate surface area is 96.6 Å². The minimum atomic E-state index is -0.0831. The van der Waals surface area contributed by atoms with Crippen molar-refractivity contribution >= 4 is 5.91 Å². The topological polar surface area (TPSA) is 66.9 Å². The van der Waals surface area contributed by atoms with E-state index in [1.165, 1.54) is 0 Å². The van der Waals surface area contributed by atoms with Gasteiger partial charge in [-0.15, -0.1) is 5.26 Å². The van der Waals surface area contributed by atoms with Gasteiger partial charge < -0.3 is 5.73 Å². The van der Waals surface area contributed by atoms with Crippen LogP contribution in [-0.4, -0.2) is 29.0 Å². The zero-order chi connectivity index (χ0) is 11.8. The third-order valence-corrected chi connectivity index (χ3v) is 4.34. The first kappa shape index (κ1) is 11.6. The van der Waals surface area contributed by atoms with E-state index in [2.05, 4.69) is 6.19 Å². The Balaban J connectivity index is 2.22. The quantitative estimate of drug-likeness (QED) is 0.534. The van der Waals surface area contributed by atoms with Crippen LogP contribution in [-0.2, 0) is 4.79 Å². The lowest BCUT2D eigenvalue weighted by molar-refractivity contribution is -0.801. The molecule has 1 heterocycles. The highest BCUT2D eigenvalue weighted by molar-refractivity contribution is 5.74. The van der Waals surface area contributed by atoms with Crippen LogP contribution in [0.25, 0.3) is 0 Å². The van der Waals surface area contributed by atoms with Crippen molar-refractivity contribution in [2.24, 2.45) is 11.7 Å². The Kier molecular flexibility index (Phi) is 3.00. The monoisotopic (exact) mass is 222 g/mol. The van der Waals surface area contributed by atoms with Crippen molar-refractivity contribution in [2.45, 2.75) is 51.1 Å². The summed E-state index contributed by atoms with van der Waals surface area (Å²) in [6.45, 7) is 2.69. The second kappa shape index (κ2) is 4.15. The average Bonchev–Trinajstić information content (AvgIpc) is 2.84. The molecular weight excluding hydrogens is 202 g/mol. The van der Waals surface area contributed by atoms with Crippen molar-refractivity contribution in [2.75, 3.05) is 6.54 Å². The van der Waals surface area contributed by atoms with Crippen LogP contribution in [0.3, 0.4) is 0 Å². The molecule has 2 rings (SSSR count). The van der Waals surface area contributed by atoms with Gasteiger partial charge in [-0.1, -0.05) is 6.42 Å². The van der Waals surface area contributed by atoms with Gasteiger partial charge in [0.25, 0.3) is 0 Å². The number of carbonyl (C=O) groups is 1. The van der Waals surface area contributed by atoms with E-state index >= 15 is 0 Å². The molecular formula is C12H20N3O+. The van der Waals surface area contributed by atoms with Crippen LogP contribution in [0.4, 0.5) is 0 Å². The number of nitriles is 1. The first-order valence-corrected chi connectivity index (χ1v) is 6.21. The molecule has 88 valence electrons. The molecule has 0 aromatic carbocycles. The molecule has 4 heteroatoms. The summed E-state index contributed by atoms with van der Waals surface area (Å²) < 4.78 is 0.0123. The van der Waals surface area contributed by atoms with Gasteiger partial charge in [0.05, 0.1) is 5.92 Å². The molecule has 0 spiro atoms. The van der Waals surface area contributed by atoms with Crippen molar-refractivity contribution in [1.82, 2.24) is 0 Å². The second-order valence-corrected chi connectivity index (χ2v) is 5.22. The average molecular weight is 222 g/mol. The van der Waals surface area contributed by atoms with Crippen LogP contribution in [0.2, 0.25) is 0 Å². The smallest absolute Gasteiger partial charge is 0.327 e. The van der Waals surface area contributed by atoms with Crippen molar-refractivity contribution in [1.29, 1.82) is 5.26 Å². The molecule has 16 heavy (non-hydrogen) atoms. The molecule has 0 aromatic heterocycles. The Morgan fingerprint density at radius 3 is 2.56 bits per heavy atom. The Bertz CT molecular complexity index is 336. The summed E-state index contributed by atoms with van der Waals surface area (Å²) in [7, 11) is 0. The third-order valence-electron chi connectivity index (χ3n) is 4.34. The number of nitrogens with two attached hydrogens (primary N) is 1. The van der Waals surface area contributed by atoms with Crippen molar-refractivity contribution in [3.05, 3.63) is 0 Å². The van der Waals surface area contributed by atoms with Crippen LogP contribution in [0.5, 0.6) is 0 Å². The fraction of sp³-hybridized carbons (Fsp3) is 0.833. The van der Waals surface area contributed by atoms with Crippen LogP contribution < -0.4 is 5.73 Å². The van der Waals surface area contributed by atoms with Gasteiger partial charge in [-0.05, 0) is 19.8 Å². The highest BCUT2D eigenvalue weighted by Crippen LogP contribution is 2.34. The summed E-state index contributed by atoms with van der Waals surface area (Å²) in [6.07, 6.45) is 7.03. The number of rotatable bonds is 1. The SMILES string of the molecule is C[C@@H]1CCC[N+]1(C#N)C(=O)[C@H]1CCC[C@@H]1N. The van der Waals surface area contributed by atoms with Crippen molar-refractivity contribution in [3.8, 4) is 6.19 Å². The van der Waals surface area contributed by atoms with Gasteiger partial charge in [-0.3, -0.25) is 0 Å². The van der Waals surface area contributed by atoms with E-state index in [4.69, 9.17) is 5.73 Å². The maximum Gasteiger partial charge on any atom is 0.333 e. The van der Waals surface area contributed by atoms with Crippen molar-refractivity contribution in [3.63, 3.8) is 0 Å². The highest BCUT2D eigenvalue weighted by atomic mass is 16.2. The molecule has 0 bridgehead atoms. The summed E-state index contributed by atoms with van der Waals surface area (Å²) in [5.74, 6) is -0.00213. The summed E-state index contributed by atoms with van der Waals surface area (Å²) in [5, 5.41) is 9.36. The van der Waals surface area contributed by atoms with E-state index in [-0.39, 0.29) is 28.4 Å². The lowest BCUT2D eigenvalue weighted by Gasteiger charge is -2.29. The van der Waals surface area contributed by atoms with Crippen molar-refractivity contribution < 1.29 is 9.28 Å². The van der Waals surface area contributed by atoms with Gasteiger partial charge in [0, 0.05) is 18.9 Å². The van der Waals surface area contributed by atoms with Gasteiger partial charge in [0.1, 0.15) is 12.6 Å². The van der Waals surface area contributed by atoms with E-state index in [0.717, 1.165) is 32.1 Å². The molecule has 2 N–H and O–H groups in total. The molecule has 1 aliphatic heterocycles. The Morgan fingerprint density at radius 2 is 2.12 bits per heavy atom. The first-order valence-electron chi connectivity index (χ1n) is 6.21. The molecule has 1 saturated heterocycles. The summed E-state index contributed by atoms with van der Waals surface area (Å²) in [6, 6.07) is 0.119. The number of nitrogens with zero attached hydrogens (tertiary/aromatic N) is 2. The Morgan fingerprint density at radius 1 is 1.38 bits per heavy atom. The molecule has 4 atom stereocenters. The maximum atomic E-state index is 12.5. The van der Waals surface area contributed by atoms with E-state index in [0.29, 0.717) is 6.54 Å². The number of hydrogen-bond acceptors (Lipinski definition) is 3. The largest absolute Gasteiger partial charge is 0.333 e. The fourth-order valence-corrected chi connectivity index (χ4v) is 3.19. The van der Waals surface area contributed by atoms with E-state index in [1.807, 2.05) is 6.92 Å². The van der Waals surface area contributed by atoms with Crippen LogP contribution in [0, 0.1) is 17.4 Å².